The highest BCUT2D eigenvalue weighted by Gasteiger charge is 2.29. The van der Waals surface area contributed by atoms with Crippen LogP contribution >= 0.6 is 7.37 Å². The predicted molar refractivity (Wildman–Crippen MR) is 88.9 cm³/mol. The summed E-state index contributed by atoms with van der Waals surface area (Å²) in [6.07, 6.45) is -1.00. The van der Waals surface area contributed by atoms with E-state index >= 15 is 0 Å². The summed E-state index contributed by atoms with van der Waals surface area (Å²) in [7, 11) is -3.67. The topological polar surface area (TPSA) is 112 Å². The molecule has 0 aliphatic rings. The lowest BCUT2D eigenvalue weighted by molar-refractivity contribution is -0.142. The average Bonchev–Trinajstić information content (AvgIpc) is 2.47. The molecular weight excluding hydrogens is 319 g/mol. The Morgan fingerprint density at radius 1 is 1.13 bits per heavy atom. The van der Waals surface area contributed by atoms with Crippen LogP contribution in [0.1, 0.15) is 37.8 Å². The monoisotopic (exact) mass is 344 g/mol. The molecule has 0 saturated carbocycles. The van der Waals surface area contributed by atoms with Gasteiger partial charge in [-0.25, -0.2) is 0 Å². The largest absolute Gasteiger partial charge is 0.481 e. The lowest BCUT2D eigenvalue weighted by Gasteiger charge is -2.17. The van der Waals surface area contributed by atoms with Gasteiger partial charge in [0, 0.05) is 18.7 Å². The highest BCUT2D eigenvalue weighted by molar-refractivity contribution is 7.57. The first-order chi connectivity index (χ1) is 10.7. The molecule has 0 amide bonds. The Labute approximate surface area is 136 Å². The lowest BCUT2D eigenvalue weighted by Crippen LogP contribution is -2.19. The summed E-state index contributed by atoms with van der Waals surface area (Å²) in [5, 5.41) is 17.6. The zero-order chi connectivity index (χ0) is 18.0. The standard InChI is InChI=1S/C14H19O6P.C2H6/c1-10-2-4-11(5-3-10)8-21(19,20)9-12(14(17)18)6-7-13(15)16;1-2/h2-5,12H,6-9H2,1H3,(H,15,16)(H,17,18)(H,19,20);1-2H3. The number of rotatable bonds is 8. The maximum atomic E-state index is 12.2. The van der Waals surface area contributed by atoms with Crippen molar-refractivity contribution in [3.63, 3.8) is 0 Å². The van der Waals surface area contributed by atoms with Gasteiger partial charge in [0.2, 0.25) is 7.37 Å². The first kappa shape index (κ1) is 21.4. The fourth-order valence-electron chi connectivity index (χ4n) is 1.98. The molecule has 1 rings (SSSR count). The summed E-state index contributed by atoms with van der Waals surface area (Å²) in [4.78, 5) is 31.5. The van der Waals surface area contributed by atoms with Crippen LogP contribution < -0.4 is 0 Å². The first-order valence-corrected chi connectivity index (χ1v) is 9.53. The van der Waals surface area contributed by atoms with E-state index in [4.69, 9.17) is 10.2 Å². The molecule has 23 heavy (non-hydrogen) atoms. The minimum absolute atomic E-state index is 0.107. The minimum Gasteiger partial charge on any atom is -0.481 e. The van der Waals surface area contributed by atoms with Crippen LogP contribution in [-0.2, 0) is 20.3 Å². The van der Waals surface area contributed by atoms with Crippen LogP contribution in [0.3, 0.4) is 0 Å². The van der Waals surface area contributed by atoms with Crippen molar-refractivity contribution in [1.29, 1.82) is 0 Å². The molecule has 2 atom stereocenters. The zero-order valence-corrected chi connectivity index (χ0v) is 14.6. The fraction of sp³-hybridized carbons (Fsp3) is 0.500. The Kier molecular flexibility index (Phi) is 9.46. The Balaban J connectivity index is 0.00000232. The molecule has 0 aliphatic heterocycles. The first-order valence-electron chi connectivity index (χ1n) is 7.50. The average molecular weight is 344 g/mol. The second-order valence-corrected chi connectivity index (χ2v) is 7.51. The normalized spacial score (nSPS) is 14.1. The van der Waals surface area contributed by atoms with Crippen LogP contribution in [0.5, 0.6) is 0 Å². The number of hydrogen-bond acceptors (Lipinski definition) is 3. The predicted octanol–water partition coefficient (Wildman–Crippen LogP) is 3.36. The van der Waals surface area contributed by atoms with Gasteiger partial charge in [-0.2, -0.15) is 0 Å². The van der Waals surface area contributed by atoms with Gasteiger partial charge in [-0.15, -0.1) is 0 Å². The summed E-state index contributed by atoms with van der Waals surface area (Å²) in [5.41, 5.74) is 1.69. The quantitative estimate of drug-likeness (QED) is 0.623. The molecule has 0 aromatic heterocycles. The summed E-state index contributed by atoms with van der Waals surface area (Å²) < 4.78 is 12.2. The number of aryl methyl sites for hydroxylation is 1. The van der Waals surface area contributed by atoms with Crippen LogP contribution in [-0.4, -0.2) is 33.2 Å². The minimum atomic E-state index is -3.67. The molecular formula is C16H25O6P. The van der Waals surface area contributed by atoms with Gasteiger partial charge >= 0.3 is 11.9 Å². The molecule has 0 radical (unpaired) electrons. The number of carboxylic acid groups (broad SMARTS) is 2. The molecule has 6 nitrogen and oxygen atoms in total. The van der Waals surface area contributed by atoms with Crippen molar-refractivity contribution in [1.82, 2.24) is 0 Å². The summed E-state index contributed by atoms with van der Waals surface area (Å²) >= 11 is 0. The molecule has 0 heterocycles. The van der Waals surface area contributed by atoms with E-state index in [1.807, 2.05) is 32.9 Å². The van der Waals surface area contributed by atoms with E-state index < -0.39 is 31.4 Å². The van der Waals surface area contributed by atoms with Crippen LogP contribution in [0, 0.1) is 12.8 Å². The highest BCUT2D eigenvalue weighted by Crippen LogP contribution is 2.46. The molecule has 0 fully saturated rings. The lowest BCUT2D eigenvalue weighted by atomic mass is 10.1. The number of hydrogen-bond donors (Lipinski definition) is 3. The van der Waals surface area contributed by atoms with Gasteiger partial charge in [-0.3, -0.25) is 14.2 Å². The summed E-state index contributed by atoms with van der Waals surface area (Å²) in [5.74, 6) is -3.48. The van der Waals surface area contributed by atoms with Gasteiger partial charge in [-0.05, 0) is 18.9 Å². The van der Waals surface area contributed by atoms with Gasteiger partial charge in [0.1, 0.15) is 0 Å². The van der Waals surface area contributed by atoms with Crippen molar-refractivity contribution in [2.75, 3.05) is 6.16 Å². The number of benzene rings is 1. The van der Waals surface area contributed by atoms with E-state index in [9.17, 15) is 19.0 Å². The maximum absolute atomic E-state index is 12.2. The molecule has 0 spiro atoms. The molecule has 0 saturated heterocycles. The number of aliphatic carboxylic acids is 2. The van der Waals surface area contributed by atoms with Gasteiger partial charge in [0.05, 0.1) is 5.92 Å². The smallest absolute Gasteiger partial charge is 0.307 e. The number of carbonyl (C=O) groups is 2. The third-order valence-electron chi connectivity index (χ3n) is 3.11. The van der Waals surface area contributed by atoms with Crippen molar-refractivity contribution in [2.24, 2.45) is 5.92 Å². The molecule has 1 aromatic carbocycles. The van der Waals surface area contributed by atoms with E-state index in [0.717, 1.165) is 5.56 Å². The van der Waals surface area contributed by atoms with Crippen LogP contribution in [0.25, 0.3) is 0 Å². The van der Waals surface area contributed by atoms with Crippen molar-refractivity contribution in [3.8, 4) is 0 Å². The molecule has 2 unspecified atom stereocenters. The summed E-state index contributed by atoms with van der Waals surface area (Å²) in [6, 6.07) is 7.08. The van der Waals surface area contributed by atoms with E-state index in [2.05, 4.69) is 0 Å². The maximum Gasteiger partial charge on any atom is 0.307 e. The molecule has 1 aromatic rings. The van der Waals surface area contributed by atoms with Gasteiger partial charge in [-0.1, -0.05) is 43.7 Å². The van der Waals surface area contributed by atoms with Crippen LogP contribution in [0.15, 0.2) is 24.3 Å². The van der Waals surface area contributed by atoms with Crippen molar-refractivity contribution >= 4 is 19.3 Å². The van der Waals surface area contributed by atoms with Crippen molar-refractivity contribution in [2.45, 2.75) is 39.8 Å². The Hall–Kier alpha value is -1.65. The molecule has 3 N–H and O–H groups in total. The van der Waals surface area contributed by atoms with E-state index in [0.29, 0.717) is 5.56 Å². The van der Waals surface area contributed by atoms with Crippen LogP contribution in [0.2, 0.25) is 0 Å². The van der Waals surface area contributed by atoms with Gasteiger partial charge < -0.3 is 15.1 Å². The third kappa shape index (κ3) is 9.16. The Bertz CT molecular complexity index is 552. The SMILES string of the molecule is CC.Cc1ccc(CP(=O)(O)CC(CCC(=O)O)C(=O)O)cc1. The van der Waals surface area contributed by atoms with Gasteiger partial charge in [0.25, 0.3) is 0 Å². The van der Waals surface area contributed by atoms with Gasteiger partial charge in [0.15, 0.2) is 0 Å². The van der Waals surface area contributed by atoms with E-state index in [-0.39, 0.29) is 19.0 Å². The molecule has 7 heteroatoms. The Morgan fingerprint density at radius 2 is 1.65 bits per heavy atom. The third-order valence-corrected chi connectivity index (χ3v) is 4.98. The van der Waals surface area contributed by atoms with Crippen LogP contribution in [0.4, 0.5) is 0 Å². The van der Waals surface area contributed by atoms with E-state index in [1.165, 1.54) is 0 Å². The molecule has 0 bridgehead atoms. The van der Waals surface area contributed by atoms with Crippen molar-refractivity contribution in [3.05, 3.63) is 35.4 Å². The second kappa shape index (κ2) is 10.2. The molecule has 0 aliphatic carbocycles. The highest BCUT2D eigenvalue weighted by atomic mass is 31.2. The second-order valence-electron chi connectivity index (χ2n) is 5.14. The zero-order valence-electron chi connectivity index (χ0n) is 13.7. The van der Waals surface area contributed by atoms with Crippen molar-refractivity contribution < 1.29 is 29.3 Å². The molecule has 130 valence electrons. The van der Waals surface area contributed by atoms with E-state index in [1.54, 1.807) is 12.1 Å². The number of carboxylic acids is 2. The Morgan fingerprint density at radius 3 is 2.09 bits per heavy atom. The fourth-order valence-corrected chi connectivity index (χ4v) is 3.92. The summed E-state index contributed by atoms with van der Waals surface area (Å²) in [6.45, 7) is 5.90.